The second kappa shape index (κ2) is 6.14. The molecule has 5 rings (SSSR count). The van der Waals surface area contributed by atoms with Gasteiger partial charge in [-0.1, -0.05) is 12.8 Å². The molecule has 5 aliphatic rings. The summed E-state index contributed by atoms with van der Waals surface area (Å²) in [6, 6.07) is 0. The number of methoxy groups -OCH3 is 1. The number of aliphatic hydroxyl groups excluding tert-OH is 1. The Morgan fingerprint density at radius 1 is 0.680 bits per heavy atom. The van der Waals surface area contributed by atoms with Crippen LogP contribution in [0.5, 0.6) is 0 Å². The number of hydrogen-bond donors (Lipinski definition) is 1. The van der Waals surface area contributed by atoms with Gasteiger partial charge in [0, 0.05) is 32.8 Å². The van der Waals surface area contributed by atoms with Crippen molar-refractivity contribution in [2.45, 2.75) is 112 Å². The van der Waals surface area contributed by atoms with Gasteiger partial charge in [0.2, 0.25) is 0 Å². The van der Waals surface area contributed by atoms with Gasteiger partial charge in [-0.05, 0) is 25.7 Å². The second-order valence-corrected chi connectivity index (χ2v) is 8.46. The number of ether oxygens (including phenoxy) is 5. The summed E-state index contributed by atoms with van der Waals surface area (Å²) in [4.78, 5) is 0. The van der Waals surface area contributed by atoms with Crippen molar-refractivity contribution in [1.29, 1.82) is 0 Å². The lowest BCUT2D eigenvalue weighted by Gasteiger charge is -2.39. The Morgan fingerprint density at radius 3 is 1.64 bits per heavy atom. The summed E-state index contributed by atoms with van der Waals surface area (Å²) in [5, 5.41) is 10.9. The molecule has 6 atom stereocenters. The zero-order valence-corrected chi connectivity index (χ0v) is 15.0. The molecule has 25 heavy (non-hydrogen) atoms. The molecule has 0 aromatic rings. The SMILES string of the molecule is CO[C@@H]1[C@H](O)[C@H]2OC3(CCCCC3)O[C@H]2[C@@H]2OC3(CCCCC3)O[C@H]21. The monoisotopic (exact) mass is 354 g/mol. The van der Waals surface area contributed by atoms with Crippen molar-refractivity contribution in [3.63, 3.8) is 0 Å². The van der Waals surface area contributed by atoms with Gasteiger partial charge in [0.25, 0.3) is 0 Å². The molecule has 5 fully saturated rings. The van der Waals surface area contributed by atoms with E-state index in [4.69, 9.17) is 23.7 Å². The molecule has 2 aliphatic heterocycles. The fourth-order valence-corrected chi connectivity index (χ4v) is 5.65. The Bertz CT molecular complexity index is 498. The molecule has 1 N–H and O–H groups in total. The molecular weight excluding hydrogens is 324 g/mol. The van der Waals surface area contributed by atoms with E-state index >= 15 is 0 Å². The summed E-state index contributed by atoms with van der Waals surface area (Å²) >= 11 is 0. The third kappa shape index (κ3) is 2.60. The maximum atomic E-state index is 10.9. The van der Waals surface area contributed by atoms with Crippen LogP contribution in [0.1, 0.15) is 64.2 Å². The van der Waals surface area contributed by atoms with Crippen LogP contribution in [0.4, 0.5) is 0 Å². The van der Waals surface area contributed by atoms with Crippen molar-refractivity contribution in [3.05, 3.63) is 0 Å². The van der Waals surface area contributed by atoms with Gasteiger partial charge in [-0.15, -0.1) is 0 Å². The smallest absolute Gasteiger partial charge is 0.169 e. The van der Waals surface area contributed by atoms with Crippen molar-refractivity contribution >= 4 is 0 Å². The minimum absolute atomic E-state index is 0.224. The predicted octanol–water partition coefficient (Wildman–Crippen LogP) is 2.26. The fraction of sp³-hybridized carbons (Fsp3) is 1.00. The molecule has 0 aromatic carbocycles. The van der Waals surface area contributed by atoms with E-state index in [1.807, 2.05) is 0 Å². The van der Waals surface area contributed by atoms with Crippen LogP contribution >= 0.6 is 0 Å². The van der Waals surface area contributed by atoms with Gasteiger partial charge in [0.15, 0.2) is 11.6 Å². The summed E-state index contributed by atoms with van der Waals surface area (Å²) in [6.45, 7) is 0. The highest BCUT2D eigenvalue weighted by Gasteiger charge is 2.66. The molecule has 6 heteroatoms. The first-order valence-corrected chi connectivity index (χ1v) is 10.1. The maximum Gasteiger partial charge on any atom is 0.169 e. The van der Waals surface area contributed by atoms with Crippen LogP contribution in [0.2, 0.25) is 0 Å². The first kappa shape index (κ1) is 16.9. The Balaban J connectivity index is 1.44. The standard InChI is InChI=1S/C19H30O6/c1-21-13-12(20)14-16(24-18(22-14)8-4-2-5-9-18)17-15(13)23-19(25-17)10-6-3-7-11-19/h12-17,20H,2-11H2,1H3/t12-,13+,14+,15-,16+,17+/m0/s1. The average molecular weight is 354 g/mol. The minimum atomic E-state index is -0.750. The zero-order valence-electron chi connectivity index (χ0n) is 15.0. The Kier molecular flexibility index (Phi) is 4.15. The maximum absolute atomic E-state index is 10.9. The summed E-state index contributed by atoms with van der Waals surface area (Å²) in [6.07, 6.45) is 8.16. The fourth-order valence-electron chi connectivity index (χ4n) is 5.65. The topological polar surface area (TPSA) is 66.4 Å². The van der Waals surface area contributed by atoms with Crippen LogP contribution in [-0.2, 0) is 23.7 Å². The first-order chi connectivity index (χ1) is 12.2. The summed E-state index contributed by atoms with van der Waals surface area (Å²) in [7, 11) is 1.63. The molecule has 0 radical (unpaired) electrons. The van der Waals surface area contributed by atoms with Crippen LogP contribution in [0, 0.1) is 0 Å². The van der Waals surface area contributed by atoms with Gasteiger partial charge < -0.3 is 28.8 Å². The molecule has 2 spiro atoms. The quantitative estimate of drug-likeness (QED) is 0.779. The Labute approximate surface area is 149 Å². The highest BCUT2D eigenvalue weighted by atomic mass is 16.8. The van der Waals surface area contributed by atoms with E-state index < -0.39 is 29.9 Å². The first-order valence-electron chi connectivity index (χ1n) is 10.1. The van der Waals surface area contributed by atoms with E-state index in [1.165, 1.54) is 12.8 Å². The Hall–Kier alpha value is -0.240. The van der Waals surface area contributed by atoms with Crippen molar-refractivity contribution in [1.82, 2.24) is 0 Å². The molecule has 0 amide bonds. The van der Waals surface area contributed by atoms with Gasteiger partial charge in [-0.2, -0.15) is 0 Å². The number of aliphatic hydroxyl groups is 1. The van der Waals surface area contributed by atoms with Crippen molar-refractivity contribution in [2.75, 3.05) is 7.11 Å². The molecular formula is C19H30O6. The lowest BCUT2D eigenvalue weighted by atomic mass is 9.85. The Morgan fingerprint density at radius 2 is 1.12 bits per heavy atom. The van der Waals surface area contributed by atoms with Gasteiger partial charge >= 0.3 is 0 Å². The summed E-state index contributed by atoms with van der Waals surface area (Å²) < 4.78 is 31.4. The molecule has 2 saturated heterocycles. The van der Waals surface area contributed by atoms with Crippen molar-refractivity contribution in [2.24, 2.45) is 0 Å². The van der Waals surface area contributed by atoms with E-state index in [2.05, 4.69) is 0 Å². The van der Waals surface area contributed by atoms with Gasteiger partial charge in [0.1, 0.15) is 36.6 Å². The highest BCUT2D eigenvalue weighted by Crippen LogP contribution is 2.51. The van der Waals surface area contributed by atoms with Crippen LogP contribution in [-0.4, -0.2) is 60.4 Å². The summed E-state index contributed by atoms with van der Waals surface area (Å²) in [5.74, 6) is -1.07. The van der Waals surface area contributed by atoms with Crippen molar-refractivity contribution in [3.8, 4) is 0 Å². The van der Waals surface area contributed by atoms with Gasteiger partial charge in [-0.25, -0.2) is 0 Å². The molecule has 3 saturated carbocycles. The molecule has 0 bridgehead atoms. The third-order valence-electron chi connectivity index (χ3n) is 6.87. The van der Waals surface area contributed by atoms with E-state index in [9.17, 15) is 5.11 Å². The molecule has 3 aliphatic carbocycles. The van der Waals surface area contributed by atoms with Gasteiger partial charge in [0.05, 0.1) is 0 Å². The molecule has 0 aromatic heterocycles. The average Bonchev–Trinajstić information content (AvgIpc) is 3.16. The number of rotatable bonds is 1. The van der Waals surface area contributed by atoms with Crippen molar-refractivity contribution < 1.29 is 28.8 Å². The highest BCUT2D eigenvalue weighted by molar-refractivity contribution is 5.10. The van der Waals surface area contributed by atoms with Crippen LogP contribution in [0.15, 0.2) is 0 Å². The molecule has 142 valence electrons. The molecule has 6 nitrogen and oxygen atoms in total. The lowest BCUT2D eigenvalue weighted by molar-refractivity contribution is -0.225. The number of hydrogen-bond acceptors (Lipinski definition) is 6. The van der Waals surface area contributed by atoms with Crippen LogP contribution in [0.25, 0.3) is 0 Å². The van der Waals surface area contributed by atoms with E-state index in [1.54, 1.807) is 7.11 Å². The summed E-state index contributed by atoms with van der Waals surface area (Å²) in [5.41, 5.74) is 0. The normalized spacial score (nSPS) is 47.8. The van der Waals surface area contributed by atoms with E-state index in [-0.39, 0.29) is 18.3 Å². The van der Waals surface area contributed by atoms with Gasteiger partial charge in [-0.3, -0.25) is 0 Å². The lowest BCUT2D eigenvalue weighted by Crippen LogP contribution is -2.62. The molecule has 0 unspecified atom stereocenters. The predicted molar refractivity (Wildman–Crippen MR) is 87.9 cm³/mol. The third-order valence-corrected chi connectivity index (χ3v) is 6.87. The van der Waals surface area contributed by atoms with Crippen LogP contribution in [0.3, 0.4) is 0 Å². The largest absolute Gasteiger partial charge is 0.387 e. The zero-order chi connectivity index (χ0) is 17.1. The molecule has 2 heterocycles. The van der Waals surface area contributed by atoms with E-state index in [0.717, 1.165) is 51.4 Å². The number of fused-ring (bicyclic) bond motifs is 3. The van der Waals surface area contributed by atoms with Crippen LogP contribution < -0.4 is 0 Å². The van der Waals surface area contributed by atoms with E-state index in [0.29, 0.717) is 0 Å². The second-order valence-electron chi connectivity index (χ2n) is 8.46. The minimum Gasteiger partial charge on any atom is -0.387 e.